The van der Waals surface area contributed by atoms with Gasteiger partial charge >= 0.3 is 5.97 Å². The van der Waals surface area contributed by atoms with Crippen LogP contribution in [-0.2, 0) is 14.3 Å². The number of alkyl halides is 1. The first-order valence-electron chi connectivity index (χ1n) is 10.3. The molecular formula is C22H24BrNO5. The van der Waals surface area contributed by atoms with Gasteiger partial charge in [0.2, 0.25) is 0 Å². The zero-order valence-electron chi connectivity index (χ0n) is 16.2. The number of carbonyl (C=O) groups excluding carboxylic acids is 3. The molecule has 0 spiro atoms. The van der Waals surface area contributed by atoms with Gasteiger partial charge in [-0.25, -0.2) is 0 Å². The fraction of sp³-hybridized carbons (Fsp3) is 0.591. The number of Topliss-reactive ketones (excluding diaryl/α,β-unsaturated/α-hetero) is 1. The molecular weight excluding hydrogens is 438 g/mol. The molecule has 4 fully saturated rings. The average Bonchev–Trinajstić information content (AvgIpc) is 2.63. The van der Waals surface area contributed by atoms with Crippen molar-refractivity contribution < 1.29 is 23.9 Å². The third-order valence-corrected chi connectivity index (χ3v) is 7.86. The molecule has 4 aliphatic carbocycles. The third-order valence-electron chi connectivity index (χ3n) is 6.93. The highest BCUT2D eigenvalue weighted by Crippen LogP contribution is 2.65. The van der Waals surface area contributed by atoms with E-state index in [9.17, 15) is 14.4 Å². The van der Waals surface area contributed by atoms with E-state index in [2.05, 4.69) is 21.2 Å². The van der Waals surface area contributed by atoms with Crippen molar-refractivity contribution in [1.82, 2.24) is 0 Å². The van der Waals surface area contributed by atoms with E-state index in [4.69, 9.17) is 9.47 Å². The smallest absolute Gasteiger partial charge is 0.306 e. The highest BCUT2D eigenvalue weighted by molar-refractivity contribution is 9.10. The van der Waals surface area contributed by atoms with Gasteiger partial charge in [-0.15, -0.1) is 0 Å². The molecule has 29 heavy (non-hydrogen) atoms. The number of ketones is 1. The van der Waals surface area contributed by atoms with Gasteiger partial charge < -0.3 is 14.8 Å². The van der Waals surface area contributed by atoms with E-state index in [0.29, 0.717) is 35.3 Å². The molecule has 0 saturated heterocycles. The molecule has 7 heteroatoms. The second-order valence-corrected chi connectivity index (χ2v) is 11.1. The summed E-state index contributed by atoms with van der Waals surface area (Å²) in [5, 5.41) is 2.68. The summed E-state index contributed by atoms with van der Waals surface area (Å²) in [7, 11) is 0. The largest absolute Gasteiger partial charge is 0.482 e. The van der Waals surface area contributed by atoms with E-state index in [1.54, 1.807) is 18.2 Å². The monoisotopic (exact) mass is 461 g/mol. The van der Waals surface area contributed by atoms with Gasteiger partial charge in [0.25, 0.3) is 5.91 Å². The van der Waals surface area contributed by atoms with Crippen molar-refractivity contribution in [3.8, 4) is 5.75 Å². The Morgan fingerprint density at radius 1 is 1.21 bits per heavy atom. The molecule has 6 nitrogen and oxygen atoms in total. The van der Waals surface area contributed by atoms with Crippen LogP contribution in [0, 0.1) is 17.3 Å². The van der Waals surface area contributed by atoms with Crippen molar-refractivity contribution in [2.45, 2.75) is 49.3 Å². The Labute approximate surface area is 177 Å². The summed E-state index contributed by atoms with van der Waals surface area (Å²) in [6.07, 6.45) is 7.36. The summed E-state index contributed by atoms with van der Waals surface area (Å²) in [4.78, 5) is 36.5. The van der Waals surface area contributed by atoms with E-state index in [-0.39, 0.29) is 40.6 Å². The van der Waals surface area contributed by atoms with Gasteiger partial charge in [-0.2, -0.15) is 0 Å². The summed E-state index contributed by atoms with van der Waals surface area (Å²) >= 11 is 3.96. The van der Waals surface area contributed by atoms with Gasteiger partial charge in [0.1, 0.15) is 5.75 Å². The van der Waals surface area contributed by atoms with Crippen LogP contribution in [0.2, 0.25) is 0 Å². The number of amides is 1. The van der Waals surface area contributed by atoms with Crippen molar-refractivity contribution >= 4 is 39.3 Å². The molecule has 4 bridgehead atoms. The first-order valence-corrected chi connectivity index (χ1v) is 11.1. The molecule has 1 aliphatic heterocycles. The SMILES string of the molecule is O=C1COc2ccc(C(=O)COC(=O)CC34CC5CC(CC(Br)(C5)C3)C4)cc2N1. The molecule has 1 aromatic carbocycles. The number of hydrogen-bond donors (Lipinski definition) is 1. The van der Waals surface area contributed by atoms with E-state index in [1.165, 1.54) is 19.3 Å². The minimum Gasteiger partial charge on any atom is -0.482 e. The van der Waals surface area contributed by atoms with Crippen LogP contribution in [0.5, 0.6) is 5.75 Å². The number of fused-ring (bicyclic) bond motifs is 1. The number of anilines is 1. The van der Waals surface area contributed by atoms with Crippen molar-refractivity contribution in [3.05, 3.63) is 23.8 Å². The van der Waals surface area contributed by atoms with Gasteiger partial charge in [0.05, 0.1) is 12.1 Å². The Hall–Kier alpha value is -1.89. The third kappa shape index (κ3) is 3.69. The molecule has 0 aromatic heterocycles. The van der Waals surface area contributed by atoms with Crippen LogP contribution < -0.4 is 10.1 Å². The first kappa shape index (κ1) is 19.1. The minimum absolute atomic E-state index is 0.0289. The Bertz CT molecular complexity index is 883. The summed E-state index contributed by atoms with van der Waals surface area (Å²) in [6.45, 7) is -0.314. The number of esters is 1. The van der Waals surface area contributed by atoms with Gasteiger partial charge in [0, 0.05) is 9.89 Å². The van der Waals surface area contributed by atoms with E-state index in [0.717, 1.165) is 19.3 Å². The molecule has 154 valence electrons. The van der Waals surface area contributed by atoms with Crippen molar-refractivity contribution in [3.63, 3.8) is 0 Å². The fourth-order valence-electron chi connectivity index (χ4n) is 6.39. The quantitative estimate of drug-likeness (QED) is 0.408. The van der Waals surface area contributed by atoms with Crippen LogP contribution in [-0.4, -0.2) is 35.2 Å². The number of hydrogen-bond acceptors (Lipinski definition) is 5. The number of ether oxygens (including phenoxy) is 2. The standard InChI is InChI=1S/C22H24BrNO5/c23-22-7-13-3-14(8-22)6-21(5-13,12-22)9-20(27)29-10-17(25)15-1-2-18-16(4-15)24-19(26)11-28-18/h1-2,4,13-14H,3,5-12H2,(H,24,26). The lowest BCUT2D eigenvalue weighted by molar-refractivity contribution is -0.149. The second-order valence-electron chi connectivity index (χ2n) is 9.42. The average molecular weight is 462 g/mol. The van der Waals surface area contributed by atoms with Crippen LogP contribution in [0.4, 0.5) is 5.69 Å². The van der Waals surface area contributed by atoms with Crippen LogP contribution >= 0.6 is 15.9 Å². The van der Waals surface area contributed by atoms with Gasteiger partial charge in [-0.3, -0.25) is 14.4 Å². The second kappa shape index (κ2) is 6.83. The highest BCUT2D eigenvalue weighted by Gasteiger charge is 2.57. The maximum Gasteiger partial charge on any atom is 0.306 e. The number of nitrogens with one attached hydrogen (secondary N) is 1. The zero-order chi connectivity index (χ0) is 20.2. The van der Waals surface area contributed by atoms with Gasteiger partial charge in [-0.05, 0) is 74.0 Å². The molecule has 2 unspecified atom stereocenters. The molecule has 1 aromatic rings. The summed E-state index contributed by atoms with van der Waals surface area (Å²) in [5.74, 6) is 1.11. The number of carbonyl (C=O) groups is 3. The van der Waals surface area contributed by atoms with Crippen molar-refractivity contribution in [2.75, 3.05) is 18.5 Å². The minimum atomic E-state index is -0.288. The summed E-state index contributed by atoms with van der Waals surface area (Å²) < 4.78 is 10.9. The van der Waals surface area contributed by atoms with Crippen LogP contribution in [0.25, 0.3) is 0 Å². The molecule has 2 atom stereocenters. The fourth-order valence-corrected chi connectivity index (χ4v) is 7.90. The summed E-state index contributed by atoms with van der Waals surface area (Å²) in [5.41, 5.74) is 0.882. The van der Waals surface area contributed by atoms with Crippen molar-refractivity contribution in [2.24, 2.45) is 17.3 Å². The lowest BCUT2D eigenvalue weighted by Gasteiger charge is -2.60. The van der Waals surface area contributed by atoms with E-state index >= 15 is 0 Å². The Kier molecular flexibility index (Phi) is 4.49. The number of benzene rings is 1. The van der Waals surface area contributed by atoms with Crippen molar-refractivity contribution in [1.29, 1.82) is 0 Å². The summed E-state index contributed by atoms with van der Waals surface area (Å²) in [6, 6.07) is 4.84. The van der Waals surface area contributed by atoms with Gasteiger partial charge in [0.15, 0.2) is 19.0 Å². The molecule has 1 amide bonds. The zero-order valence-corrected chi connectivity index (χ0v) is 17.8. The van der Waals surface area contributed by atoms with Crippen LogP contribution in [0.1, 0.15) is 55.3 Å². The molecule has 1 heterocycles. The maximum atomic E-state index is 12.6. The van der Waals surface area contributed by atoms with E-state index in [1.807, 2.05) is 0 Å². The first-order chi connectivity index (χ1) is 13.8. The molecule has 1 N–H and O–H groups in total. The Morgan fingerprint density at radius 3 is 2.69 bits per heavy atom. The predicted octanol–water partition coefficient (Wildman–Crippen LogP) is 3.87. The number of rotatable bonds is 5. The van der Waals surface area contributed by atoms with Gasteiger partial charge in [-0.1, -0.05) is 15.9 Å². The molecule has 6 rings (SSSR count). The highest BCUT2D eigenvalue weighted by atomic mass is 79.9. The molecule has 5 aliphatic rings. The Balaban J connectivity index is 1.20. The topological polar surface area (TPSA) is 81.7 Å². The molecule has 0 radical (unpaired) electrons. The Morgan fingerprint density at radius 2 is 1.97 bits per heavy atom. The van der Waals surface area contributed by atoms with E-state index < -0.39 is 0 Å². The van der Waals surface area contributed by atoms with Crippen LogP contribution in [0.15, 0.2) is 18.2 Å². The van der Waals surface area contributed by atoms with Crippen LogP contribution in [0.3, 0.4) is 0 Å². The normalized spacial score (nSPS) is 34.2. The predicted molar refractivity (Wildman–Crippen MR) is 109 cm³/mol. The maximum absolute atomic E-state index is 12.6. The lowest BCUT2D eigenvalue weighted by Crippen LogP contribution is -2.53. The lowest BCUT2D eigenvalue weighted by atomic mass is 9.49. The molecule has 4 saturated carbocycles. The number of halogens is 1.